The summed E-state index contributed by atoms with van der Waals surface area (Å²) < 4.78 is 22.9. The van der Waals surface area contributed by atoms with Gasteiger partial charge in [0.05, 0.1) is 26.4 Å². The Kier molecular flexibility index (Phi) is 10.6. The number of hydrogen-bond donors (Lipinski definition) is 0. The molecule has 0 bridgehead atoms. The molecule has 0 spiro atoms. The molecule has 3 atom stereocenters. The van der Waals surface area contributed by atoms with Gasteiger partial charge in [0, 0.05) is 16.9 Å². The van der Waals surface area contributed by atoms with Crippen LogP contribution in [-0.2, 0) is 18.9 Å². The monoisotopic (exact) mass is 626 g/mol. The number of rotatable bonds is 6. The highest BCUT2D eigenvalue weighted by Crippen LogP contribution is 2.51. The zero-order chi connectivity index (χ0) is 32.0. The summed E-state index contributed by atoms with van der Waals surface area (Å²) in [6.07, 6.45) is -1.47. The van der Waals surface area contributed by atoms with Gasteiger partial charge in [-0.1, -0.05) is 59.7 Å². The first kappa shape index (κ1) is 32.5. The van der Waals surface area contributed by atoms with E-state index in [-0.39, 0.29) is 26.4 Å². The van der Waals surface area contributed by atoms with E-state index in [1.807, 2.05) is 50.2 Å². The van der Waals surface area contributed by atoms with Crippen molar-refractivity contribution in [1.82, 2.24) is 19.4 Å². The minimum Gasteiger partial charge on any atom is -0.448 e. The molecule has 2 aromatic carbocycles. The van der Waals surface area contributed by atoms with Crippen LogP contribution in [0.3, 0.4) is 0 Å². The molecule has 236 valence electrons. The third kappa shape index (κ3) is 6.57. The van der Waals surface area contributed by atoms with Crippen molar-refractivity contribution < 1.29 is 38.1 Å². The maximum Gasteiger partial charge on any atom is 0.439 e. The highest BCUT2D eigenvalue weighted by molar-refractivity contribution is 8.01. The van der Waals surface area contributed by atoms with Gasteiger partial charge in [0.1, 0.15) is 18.1 Å². The van der Waals surface area contributed by atoms with E-state index in [4.69, 9.17) is 18.9 Å². The normalized spacial score (nSPS) is 19.5. The van der Waals surface area contributed by atoms with E-state index in [0.29, 0.717) is 16.0 Å². The second-order valence-corrected chi connectivity index (χ2v) is 10.9. The molecule has 44 heavy (non-hydrogen) atoms. The van der Waals surface area contributed by atoms with Gasteiger partial charge in [-0.3, -0.25) is 0 Å². The zero-order valence-corrected chi connectivity index (χ0v) is 26.5. The van der Waals surface area contributed by atoms with Crippen molar-refractivity contribution in [3.05, 3.63) is 81.8 Å². The molecule has 1 fully saturated rings. The van der Waals surface area contributed by atoms with Gasteiger partial charge in [-0.15, -0.1) is 4.41 Å². The lowest BCUT2D eigenvalue weighted by molar-refractivity contribution is -0.0902. The first-order valence-electron chi connectivity index (χ1n) is 14.5. The molecule has 0 saturated carbocycles. The number of ether oxygens (including phenoxy) is 4. The second kappa shape index (κ2) is 14.4. The number of benzene rings is 2. The van der Waals surface area contributed by atoms with E-state index >= 15 is 0 Å². The van der Waals surface area contributed by atoms with Gasteiger partial charge in [0.2, 0.25) is 0 Å². The summed E-state index contributed by atoms with van der Waals surface area (Å²) >= 11 is 0.912. The SMILES string of the molecule is CCOC(=O)N1SC2=CC(c3ccc(C)cc3)N(C(=O)OCC)N(C(=O)OCC)C2C(c2ccc(C)cc2)N1C(=O)OCC. The van der Waals surface area contributed by atoms with Gasteiger partial charge < -0.3 is 18.9 Å². The fourth-order valence-electron chi connectivity index (χ4n) is 5.03. The number of nitrogens with zero attached hydrogens (tertiary/aromatic N) is 4. The number of hydrogen-bond acceptors (Lipinski definition) is 9. The number of fused-ring (bicyclic) bond motifs is 1. The summed E-state index contributed by atoms with van der Waals surface area (Å²) in [6, 6.07) is 11.9. The molecule has 4 amide bonds. The van der Waals surface area contributed by atoms with Crippen molar-refractivity contribution in [1.29, 1.82) is 0 Å². The maximum atomic E-state index is 13.9. The predicted molar refractivity (Wildman–Crippen MR) is 163 cm³/mol. The quantitative estimate of drug-likeness (QED) is 0.256. The van der Waals surface area contributed by atoms with Crippen LogP contribution in [0.4, 0.5) is 19.2 Å². The van der Waals surface area contributed by atoms with E-state index in [0.717, 1.165) is 32.5 Å². The molecule has 0 aromatic heterocycles. The van der Waals surface area contributed by atoms with Crippen LogP contribution in [0.1, 0.15) is 62.0 Å². The Balaban J connectivity index is 2.04. The molecule has 0 N–H and O–H groups in total. The van der Waals surface area contributed by atoms with Crippen molar-refractivity contribution in [3.8, 4) is 0 Å². The molecular formula is C31H38N4O8S. The molecule has 0 radical (unpaired) electrons. The predicted octanol–water partition coefficient (Wildman–Crippen LogP) is 6.68. The van der Waals surface area contributed by atoms with Crippen LogP contribution < -0.4 is 0 Å². The summed E-state index contributed by atoms with van der Waals surface area (Å²) in [5, 5.41) is 3.53. The van der Waals surface area contributed by atoms with E-state index in [9.17, 15) is 19.2 Å². The third-order valence-corrected chi connectivity index (χ3v) is 8.04. The Morgan fingerprint density at radius 1 is 0.591 bits per heavy atom. The average molecular weight is 627 g/mol. The fourth-order valence-corrected chi connectivity index (χ4v) is 6.14. The van der Waals surface area contributed by atoms with Crippen molar-refractivity contribution in [2.24, 2.45) is 0 Å². The molecular weight excluding hydrogens is 588 g/mol. The number of amides is 4. The Morgan fingerprint density at radius 2 is 1.02 bits per heavy atom. The Morgan fingerprint density at radius 3 is 1.52 bits per heavy atom. The minimum atomic E-state index is -1.05. The topological polar surface area (TPSA) is 118 Å². The summed E-state index contributed by atoms with van der Waals surface area (Å²) in [5.74, 6) is 0. The highest BCUT2D eigenvalue weighted by atomic mass is 32.2. The molecule has 0 aliphatic carbocycles. The van der Waals surface area contributed by atoms with Gasteiger partial charge in [0.15, 0.2) is 0 Å². The number of carbonyl (C=O) groups excluding carboxylic acids is 4. The van der Waals surface area contributed by atoms with Crippen LogP contribution in [0.2, 0.25) is 0 Å². The largest absolute Gasteiger partial charge is 0.448 e. The van der Waals surface area contributed by atoms with E-state index in [2.05, 4.69) is 0 Å². The van der Waals surface area contributed by atoms with Crippen molar-refractivity contribution in [3.63, 3.8) is 0 Å². The molecule has 4 rings (SSSR count). The summed E-state index contributed by atoms with van der Waals surface area (Å²) in [7, 11) is 0. The lowest BCUT2D eigenvalue weighted by atomic mass is 9.93. The average Bonchev–Trinajstić information content (AvgIpc) is 3.00. The molecule has 13 heteroatoms. The standard InChI is InChI=1S/C31H38N4O8S/c1-7-40-28(36)32-24(22-15-11-20(5)12-16-22)19-25-27(33(32)29(37)41-8-2)26(23-17-13-21(6)14-18-23)34(30(38)42-9-3)35(44-25)31(39)43-10-4/h11-19,24,26-27H,7-10H2,1-6H3. The van der Waals surface area contributed by atoms with Gasteiger partial charge >= 0.3 is 24.4 Å². The van der Waals surface area contributed by atoms with E-state index in [1.165, 1.54) is 10.0 Å². The van der Waals surface area contributed by atoms with Gasteiger partial charge in [-0.2, -0.15) is 5.01 Å². The van der Waals surface area contributed by atoms with Crippen LogP contribution >= 0.6 is 11.9 Å². The molecule has 12 nitrogen and oxygen atoms in total. The van der Waals surface area contributed by atoms with Crippen LogP contribution in [-0.4, -0.2) is 76.3 Å². The summed E-state index contributed by atoms with van der Waals surface area (Å²) in [4.78, 5) is 55.2. The highest BCUT2D eigenvalue weighted by Gasteiger charge is 2.56. The fraction of sp³-hybridized carbons (Fsp3) is 0.419. The minimum absolute atomic E-state index is 0.0197. The summed E-state index contributed by atoms with van der Waals surface area (Å²) in [5.41, 5.74) is 3.22. The summed E-state index contributed by atoms with van der Waals surface area (Å²) in [6.45, 7) is 10.7. The molecule has 2 aromatic rings. The van der Waals surface area contributed by atoms with Crippen LogP contribution in [0.5, 0.6) is 0 Å². The lowest BCUT2D eigenvalue weighted by Crippen LogP contribution is -2.66. The van der Waals surface area contributed by atoms with Gasteiger partial charge in [0.25, 0.3) is 0 Å². The number of carbonyl (C=O) groups is 4. The van der Waals surface area contributed by atoms with Crippen molar-refractivity contribution in [2.45, 2.75) is 59.7 Å². The number of aryl methyl sites for hydroxylation is 2. The van der Waals surface area contributed by atoms with Gasteiger partial charge in [-0.25, -0.2) is 29.2 Å². The molecule has 2 aliphatic rings. The Bertz CT molecular complexity index is 1380. The van der Waals surface area contributed by atoms with Crippen LogP contribution in [0.25, 0.3) is 0 Å². The lowest BCUT2D eigenvalue weighted by Gasteiger charge is -2.53. The van der Waals surface area contributed by atoms with Crippen LogP contribution in [0, 0.1) is 13.8 Å². The van der Waals surface area contributed by atoms with Crippen molar-refractivity contribution >= 4 is 36.3 Å². The Labute approximate surface area is 261 Å². The maximum absolute atomic E-state index is 13.9. The molecule has 3 unspecified atom stereocenters. The van der Waals surface area contributed by atoms with E-state index < -0.39 is 42.5 Å². The third-order valence-electron chi connectivity index (χ3n) is 6.95. The zero-order valence-electron chi connectivity index (χ0n) is 25.7. The molecule has 1 saturated heterocycles. The first-order chi connectivity index (χ1) is 21.2. The second-order valence-electron chi connectivity index (χ2n) is 9.92. The van der Waals surface area contributed by atoms with E-state index in [1.54, 1.807) is 45.9 Å². The molecule has 2 aliphatic heterocycles. The number of hydrazine groups is 2. The Hall–Kier alpha value is -4.39. The smallest absolute Gasteiger partial charge is 0.439 e. The van der Waals surface area contributed by atoms with Crippen LogP contribution in [0.15, 0.2) is 59.5 Å². The molecule has 2 heterocycles. The first-order valence-corrected chi connectivity index (χ1v) is 15.3. The van der Waals surface area contributed by atoms with Crippen molar-refractivity contribution in [2.75, 3.05) is 26.4 Å². The van der Waals surface area contributed by atoms with Gasteiger partial charge in [-0.05, 0) is 58.7 Å².